The van der Waals surface area contributed by atoms with Crippen LogP contribution in [0.2, 0.25) is 0 Å². The molecule has 1 unspecified atom stereocenters. The molecular formula is C10H15BrN2S. The summed E-state index contributed by atoms with van der Waals surface area (Å²) in [5, 5.41) is 3.34. The van der Waals surface area contributed by atoms with Crippen LogP contribution in [0.25, 0.3) is 0 Å². The van der Waals surface area contributed by atoms with E-state index >= 15 is 0 Å². The molecule has 0 aromatic carbocycles. The van der Waals surface area contributed by atoms with Gasteiger partial charge in [0.25, 0.3) is 0 Å². The van der Waals surface area contributed by atoms with Gasteiger partial charge in [-0.05, 0) is 41.5 Å². The predicted molar refractivity (Wildman–Crippen MR) is 64.8 cm³/mol. The van der Waals surface area contributed by atoms with Crippen molar-refractivity contribution in [2.45, 2.75) is 19.0 Å². The molecule has 2 heterocycles. The number of nitrogens with zero attached hydrogens (tertiary/aromatic N) is 1. The third-order valence-electron chi connectivity index (χ3n) is 2.69. The predicted octanol–water partition coefficient (Wildman–Crippen LogP) is 2.30. The molecule has 78 valence electrons. The SMILES string of the molecule is CNC1CCN(Cc2ccc(Br)s2)C1. The summed E-state index contributed by atoms with van der Waals surface area (Å²) in [6.07, 6.45) is 1.28. The number of hydrogen-bond acceptors (Lipinski definition) is 3. The van der Waals surface area contributed by atoms with Crippen molar-refractivity contribution in [3.05, 3.63) is 20.8 Å². The molecule has 1 atom stereocenters. The molecule has 1 aliphatic heterocycles. The van der Waals surface area contributed by atoms with Crippen molar-refractivity contribution in [3.8, 4) is 0 Å². The van der Waals surface area contributed by atoms with Crippen molar-refractivity contribution in [1.29, 1.82) is 0 Å². The lowest BCUT2D eigenvalue weighted by Crippen LogP contribution is -2.29. The van der Waals surface area contributed by atoms with Gasteiger partial charge in [-0.1, -0.05) is 0 Å². The second kappa shape index (κ2) is 4.75. The number of hydrogen-bond donors (Lipinski definition) is 1. The first-order chi connectivity index (χ1) is 6.78. The van der Waals surface area contributed by atoms with E-state index in [0.717, 1.165) is 6.54 Å². The maximum atomic E-state index is 3.49. The van der Waals surface area contributed by atoms with Crippen LogP contribution in [0, 0.1) is 0 Å². The molecule has 0 radical (unpaired) electrons. The fourth-order valence-electron chi connectivity index (χ4n) is 1.87. The van der Waals surface area contributed by atoms with Gasteiger partial charge in [0, 0.05) is 30.6 Å². The van der Waals surface area contributed by atoms with Crippen LogP contribution in [0.1, 0.15) is 11.3 Å². The van der Waals surface area contributed by atoms with Crippen molar-refractivity contribution < 1.29 is 0 Å². The molecule has 1 saturated heterocycles. The van der Waals surface area contributed by atoms with Crippen molar-refractivity contribution in [2.24, 2.45) is 0 Å². The lowest BCUT2D eigenvalue weighted by atomic mass is 10.3. The van der Waals surface area contributed by atoms with Crippen LogP contribution in [0.5, 0.6) is 0 Å². The zero-order valence-corrected chi connectivity index (χ0v) is 10.7. The Hall–Kier alpha value is 0.1000. The number of thiophene rings is 1. The Morgan fingerprint density at radius 1 is 1.64 bits per heavy atom. The smallest absolute Gasteiger partial charge is 0.0701 e. The van der Waals surface area contributed by atoms with E-state index in [4.69, 9.17) is 0 Å². The molecule has 2 nitrogen and oxygen atoms in total. The van der Waals surface area contributed by atoms with E-state index in [1.807, 2.05) is 11.3 Å². The summed E-state index contributed by atoms with van der Waals surface area (Å²) in [6.45, 7) is 3.52. The molecular weight excluding hydrogens is 260 g/mol. The molecule has 1 N–H and O–H groups in total. The summed E-state index contributed by atoms with van der Waals surface area (Å²) in [5.41, 5.74) is 0. The van der Waals surface area contributed by atoms with Crippen molar-refractivity contribution in [1.82, 2.24) is 10.2 Å². The van der Waals surface area contributed by atoms with Gasteiger partial charge < -0.3 is 5.32 Å². The summed E-state index contributed by atoms with van der Waals surface area (Å²) in [6, 6.07) is 5.03. The standard InChI is InChI=1S/C10H15BrN2S/c1-12-8-4-5-13(6-8)7-9-2-3-10(11)14-9/h2-3,8,12H,4-7H2,1H3. The summed E-state index contributed by atoms with van der Waals surface area (Å²) < 4.78 is 1.23. The largest absolute Gasteiger partial charge is 0.316 e. The number of nitrogens with one attached hydrogen (secondary N) is 1. The Kier molecular flexibility index (Phi) is 3.60. The number of rotatable bonds is 3. The fraction of sp³-hybridized carbons (Fsp3) is 0.600. The zero-order valence-electron chi connectivity index (χ0n) is 8.29. The fourth-order valence-corrected chi connectivity index (χ4v) is 3.39. The number of likely N-dealkylation sites (N-methyl/N-ethyl adjacent to an activating group) is 1. The highest BCUT2D eigenvalue weighted by Gasteiger charge is 2.20. The molecule has 0 bridgehead atoms. The molecule has 1 fully saturated rings. The van der Waals surface area contributed by atoms with E-state index < -0.39 is 0 Å². The summed E-state index contributed by atoms with van der Waals surface area (Å²) in [4.78, 5) is 3.97. The third-order valence-corrected chi connectivity index (χ3v) is 4.30. The van der Waals surface area contributed by atoms with Gasteiger partial charge >= 0.3 is 0 Å². The first-order valence-corrected chi connectivity index (χ1v) is 6.52. The summed E-state index contributed by atoms with van der Waals surface area (Å²) in [7, 11) is 2.05. The van der Waals surface area contributed by atoms with Crippen molar-refractivity contribution in [3.63, 3.8) is 0 Å². The Bertz CT molecular complexity index is 300. The van der Waals surface area contributed by atoms with Gasteiger partial charge in [0.1, 0.15) is 0 Å². The average Bonchev–Trinajstić information content (AvgIpc) is 2.76. The van der Waals surface area contributed by atoms with Crippen LogP contribution in [0.15, 0.2) is 15.9 Å². The Morgan fingerprint density at radius 3 is 3.07 bits per heavy atom. The molecule has 1 aromatic rings. The Labute approximate surface area is 97.4 Å². The van der Waals surface area contributed by atoms with Crippen LogP contribution in [-0.4, -0.2) is 31.1 Å². The normalized spacial score (nSPS) is 23.1. The minimum Gasteiger partial charge on any atom is -0.316 e. The van der Waals surface area contributed by atoms with E-state index in [0.29, 0.717) is 6.04 Å². The highest BCUT2D eigenvalue weighted by Crippen LogP contribution is 2.24. The molecule has 0 saturated carbocycles. The molecule has 1 aliphatic rings. The minimum absolute atomic E-state index is 0.693. The van der Waals surface area contributed by atoms with Crippen LogP contribution < -0.4 is 5.32 Å². The topological polar surface area (TPSA) is 15.3 Å². The molecule has 2 rings (SSSR count). The summed E-state index contributed by atoms with van der Waals surface area (Å²) >= 11 is 5.33. The zero-order chi connectivity index (χ0) is 9.97. The first-order valence-electron chi connectivity index (χ1n) is 4.92. The van der Waals surface area contributed by atoms with Crippen LogP contribution in [-0.2, 0) is 6.54 Å². The molecule has 0 amide bonds. The Morgan fingerprint density at radius 2 is 2.50 bits per heavy atom. The maximum absolute atomic E-state index is 3.49. The summed E-state index contributed by atoms with van der Waals surface area (Å²) in [5.74, 6) is 0. The van der Waals surface area contributed by atoms with Crippen molar-refractivity contribution >= 4 is 27.3 Å². The van der Waals surface area contributed by atoms with Gasteiger partial charge in [-0.25, -0.2) is 0 Å². The molecule has 4 heteroatoms. The second-order valence-electron chi connectivity index (χ2n) is 3.72. The highest BCUT2D eigenvalue weighted by molar-refractivity contribution is 9.11. The monoisotopic (exact) mass is 274 g/mol. The van der Waals surface area contributed by atoms with Gasteiger partial charge in [-0.15, -0.1) is 11.3 Å². The number of likely N-dealkylation sites (tertiary alicyclic amines) is 1. The van der Waals surface area contributed by atoms with Crippen LogP contribution >= 0.6 is 27.3 Å². The average molecular weight is 275 g/mol. The van der Waals surface area contributed by atoms with Gasteiger partial charge in [0.2, 0.25) is 0 Å². The van der Waals surface area contributed by atoms with E-state index in [1.165, 1.54) is 28.2 Å². The first kappa shape index (κ1) is 10.6. The third kappa shape index (κ3) is 2.57. The van der Waals surface area contributed by atoms with Gasteiger partial charge in [-0.2, -0.15) is 0 Å². The second-order valence-corrected chi connectivity index (χ2v) is 6.26. The molecule has 1 aromatic heterocycles. The molecule has 0 aliphatic carbocycles. The molecule has 14 heavy (non-hydrogen) atoms. The van der Waals surface area contributed by atoms with Gasteiger partial charge in [0.15, 0.2) is 0 Å². The van der Waals surface area contributed by atoms with Crippen molar-refractivity contribution in [2.75, 3.05) is 20.1 Å². The van der Waals surface area contributed by atoms with Crippen LogP contribution in [0.4, 0.5) is 0 Å². The van der Waals surface area contributed by atoms with Gasteiger partial charge in [0.05, 0.1) is 3.79 Å². The van der Waals surface area contributed by atoms with E-state index in [-0.39, 0.29) is 0 Å². The lowest BCUT2D eigenvalue weighted by molar-refractivity contribution is 0.325. The van der Waals surface area contributed by atoms with E-state index in [1.54, 1.807) is 0 Å². The lowest BCUT2D eigenvalue weighted by Gasteiger charge is -2.14. The number of halogens is 1. The van der Waals surface area contributed by atoms with E-state index in [9.17, 15) is 0 Å². The van der Waals surface area contributed by atoms with Gasteiger partial charge in [-0.3, -0.25) is 4.90 Å². The minimum atomic E-state index is 0.693. The van der Waals surface area contributed by atoms with E-state index in [2.05, 4.69) is 45.3 Å². The van der Waals surface area contributed by atoms with Crippen LogP contribution in [0.3, 0.4) is 0 Å². The quantitative estimate of drug-likeness (QED) is 0.910. The maximum Gasteiger partial charge on any atom is 0.0701 e. The molecule has 0 spiro atoms. The highest BCUT2D eigenvalue weighted by atomic mass is 79.9. The Balaban J connectivity index is 1.87.